The van der Waals surface area contributed by atoms with Crippen molar-refractivity contribution >= 4 is 27.5 Å². The van der Waals surface area contributed by atoms with Crippen LogP contribution in [0.5, 0.6) is 5.75 Å². The highest BCUT2D eigenvalue weighted by atomic mass is 79.9. The van der Waals surface area contributed by atoms with Gasteiger partial charge in [0.1, 0.15) is 11.9 Å². The number of nitrogens with two attached hydrogens (primary N) is 1. The Morgan fingerprint density at radius 3 is 2.32 bits per heavy atom. The molecule has 0 aliphatic heterocycles. The third-order valence-corrected chi connectivity index (χ3v) is 3.67. The molecule has 2 aromatic carbocycles. The molecule has 0 radical (unpaired) electrons. The summed E-state index contributed by atoms with van der Waals surface area (Å²) in [4.78, 5) is 0. The van der Waals surface area contributed by atoms with Gasteiger partial charge in [-0.05, 0) is 52.7 Å². The number of halogens is 2. The number of rotatable bonds is 4. The highest BCUT2D eigenvalue weighted by molar-refractivity contribution is 9.10. The lowest BCUT2D eigenvalue weighted by Gasteiger charge is -2.23. The minimum atomic E-state index is -0.212. The first-order chi connectivity index (χ1) is 9.08. The molecule has 19 heavy (non-hydrogen) atoms. The number of hydrogen-bond acceptors (Lipinski definition) is 2. The molecule has 0 spiro atoms. The van der Waals surface area contributed by atoms with Crippen molar-refractivity contribution in [3.8, 4) is 5.75 Å². The first-order valence-corrected chi connectivity index (χ1v) is 7.17. The van der Waals surface area contributed by atoms with Crippen LogP contribution in [0.3, 0.4) is 0 Å². The molecule has 100 valence electrons. The highest BCUT2D eigenvalue weighted by Crippen LogP contribution is 2.30. The zero-order valence-electron chi connectivity index (χ0n) is 10.5. The minimum absolute atomic E-state index is 0.131. The van der Waals surface area contributed by atoms with Crippen LogP contribution >= 0.6 is 27.5 Å². The summed E-state index contributed by atoms with van der Waals surface area (Å²) in [6.45, 7) is 1.93. The van der Waals surface area contributed by atoms with Crippen molar-refractivity contribution in [1.82, 2.24) is 0 Å². The molecule has 0 aliphatic carbocycles. The van der Waals surface area contributed by atoms with Gasteiger partial charge in [0.2, 0.25) is 0 Å². The standard InChI is InChI=1S/C15H15BrClNO/c1-10(18)15(11-6-8-12(17)9-7-11)19-14-5-3-2-4-13(14)16/h2-10,15H,18H2,1H3. The molecule has 2 nitrogen and oxygen atoms in total. The van der Waals surface area contributed by atoms with E-state index in [0.717, 1.165) is 15.8 Å². The molecule has 2 aromatic rings. The van der Waals surface area contributed by atoms with Crippen LogP contribution < -0.4 is 10.5 Å². The van der Waals surface area contributed by atoms with Gasteiger partial charge < -0.3 is 10.5 Å². The van der Waals surface area contributed by atoms with Crippen LogP contribution in [-0.2, 0) is 0 Å². The largest absolute Gasteiger partial charge is 0.483 e. The van der Waals surface area contributed by atoms with Gasteiger partial charge in [-0.3, -0.25) is 0 Å². The number of hydrogen-bond donors (Lipinski definition) is 1. The molecule has 0 heterocycles. The van der Waals surface area contributed by atoms with Gasteiger partial charge in [-0.1, -0.05) is 35.9 Å². The zero-order valence-corrected chi connectivity index (χ0v) is 12.9. The van der Waals surface area contributed by atoms with Gasteiger partial charge in [-0.2, -0.15) is 0 Å². The summed E-state index contributed by atoms with van der Waals surface area (Å²) in [6, 6.07) is 15.2. The second-order valence-electron chi connectivity index (χ2n) is 4.38. The molecule has 0 aromatic heterocycles. The summed E-state index contributed by atoms with van der Waals surface area (Å²) in [6.07, 6.45) is -0.212. The Morgan fingerprint density at radius 1 is 1.11 bits per heavy atom. The summed E-state index contributed by atoms with van der Waals surface area (Å²) in [5, 5.41) is 0.702. The van der Waals surface area contributed by atoms with E-state index in [1.54, 1.807) is 0 Å². The lowest BCUT2D eigenvalue weighted by molar-refractivity contribution is 0.179. The van der Waals surface area contributed by atoms with Gasteiger partial charge in [0.15, 0.2) is 0 Å². The predicted octanol–water partition coefficient (Wildman–Crippen LogP) is 4.57. The van der Waals surface area contributed by atoms with Crippen molar-refractivity contribution in [3.05, 3.63) is 63.6 Å². The smallest absolute Gasteiger partial charge is 0.139 e. The maximum Gasteiger partial charge on any atom is 0.139 e. The van der Waals surface area contributed by atoms with Crippen LogP contribution in [0.25, 0.3) is 0 Å². The number of para-hydroxylation sites is 1. The van der Waals surface area contributed by atoms with E-state index >= 15 is 0 Å². The molecule has 0 aliphatic rings. The number of benzene rings is 2. The quantitative estimate of drug-likeness (QED) is 0.885. The molecule has 2 rings (SSSR count). The Kier molecular flexibility index (Phi) is 4.86. The Bertz CT molecular complexity index is 542. The lowest BCUT2D eigenvalue weighted by atomic mass is 10.0. The SMILES string of the molecule is CC(N)C(Oc1ccccc1Br)c1ccc(Cl)cc1. The fraction of sp³-hybridized carbons (Fsp3) is 0.200. The number of ether oxygens (including phenoxy) is 1. The second-order valence-corrected chi connectivity index (χ2v) is 5.67. The van der Waals surface area contributed by atoms with Gasteiger partial charge >= 0.3 is 0 Å². The van der Waals surface area contributed by atoms with E-state index in [2.05, 4.69) is 15.9 Å². The minimum Gasteiger partial charge on any atom is -0.483 e. The van der Waals surface area contributed by atoms with Crippen LogP contribution in [0.2, 0.25) is 5.02 Å². The molecule has 0 saturated heterocycles. The van der Waals surface area contributed by atoms with E-state index < -0.39 is 0 Å². The molecule has 0 bridgehead atoms. The first kappa shape index (κ1) is 14.4. The highest BCUT2D eigenvalue weighted by Gasteiger charge is 2.19. The van der Waals surface area contributed by atoms with E-state index in [0.29, 0.717) is 5.02 Å². The van der Waals surface area contributed by atoms with Crippen molar-refractivity contribution in [1.29, 1.82) is 0 Å². The Morgan fingerprint density at radius 2 is 1.74 bits per heavy atom. The van der Waals surface area contributed by atoms with Crippen molar-refractivity contribution < 1.29 is 4.74 Å². The molecule has 0 fully saturated rings. The lowest BCUT2D eigenvalue weighted by Crippen LogP contribution is -2.29. The fourth-order valence-corrected chi connectivity index (χ4v) is 2.31. The van der Waals surface area contributed by atoms with Crippen LogP contribution in [0.15, 0.2) is 53.0 Å². The summed E-state index contributed by atoms with van der Waals surface area (Å²) in [5.41, 5.74) is 7.04. The van der Waals surface area contributed by atoms with Crippen molar-refractivity contribution in [3.63, 3.8) is 0 Å². The zero-order chi connectivity index (χ0) is 13.8. The molecule has 2 atom stereocenters. The van der Waals surface area contributed by atoms with Gasteiger partial charge in [0.05, 0.1) is 4.47 Å². The Balaban J connectivity index is 2.26. The van der Waals surface area contributed by atoms with Crippen molar-refractivity contribution in [2.24, 2.45) is 5.73 Å². The average molecular weight is 341 g/mol. The molecule has 0 saturated carbocycles. The van der Waals surface area contributed by atoms with Crippen molar-refractivity contribution in [2.45, 2.75) is 19.1 Å². The maximum atomic E-state index is 6.03. The third kappa shape index (κ3) is 3.72. The molecule has 4 heteroatoms. The molecule has 2 N–H and O–H groups in total. The normalized spacial score (nSPS) is 13.9. The first-order valence-electron chi connectivity index (χ1n) is 6.00. The molecular weight excluding hydrogens is 326 g/mol. The van der Waals surface area contributed by atoms with Crippen LogP contribution in [0.1, 0.15) is 18.6 Å². The fourth-order valence-electron chi connectivity index (χ4n) is 1.81. The van der Waals surface area contributed by atoms with Crippen LogP contribution in [-0.4, -0.2) is 6.04 Å². The Hall–Kier alpha value is -1.03. The predicted molar refractivity (Wildman–Crippen MR) is 82.6 cm³/mol. The van der Waals surface area contributed by atoms with Crippen LogP contribution in [0, 0.1) is 0 Å². The topological polar surface area (TPSA) is 35.2 Å². The van der Waals surface area contributed by atoms with E-state index in [1.165, 1.54) is 0 Å². The van der Waals surface area contributed by atoms with E-state index in [1.807, 2.05) is 55.5 Å². The monoisotopic (exact) mass is 339 g/mol. The van der Waals surface area contributed by atoms with Gasteiger partial charge in [0.25, 0.3) is 0 Å². The van der Waals surface area contributed by atoms with Crippen LogP contribution in [0.4, 0.5) is 0 Å². The van der Waals surface area contributed by atoms with E-state index in [-0.39, 0.29) is 12.1 Å². The van der Waals surface area contributed by atoms with Gasteiger partial charge in [0, 0.05) is 11.1 Å². The van der Waals surface area contributed by atoms with Crippen molar-refractivity contribution in [2.75, 3.05) is 0 Å². The second kappa shape index (κ2) is 6.42. The summed E-state index contributed by atoms with van der Waals surface area (Å²) in [7, 11) is 0. The summed E-state index contributed by atoms with van der Waals surface area (Å²) >= 11 is 9.37. The molecule has 0 amide bonds. The average Bonchev–Trinajstić information content (AvgIpc) is 2.39. The maximum absolute atomic E-state index is 6.03. The Labute approximate surface area is 126 Å². The summed E-state index contributed by atoms with van der Waals surface area (Å²) in [5.74, 6) is 0.778. The van der Waals surface area contributed by atoms with Gasteiger partial charge in [-0.15, -0.1) is 0 Å². The molecular formula is C15H15BrClNO. The van der Waals surface area contributed by atoms with E-state index in [9.17, 15) is 0 Å². The summed E-state index contributed by atoms with van der Waals surface area (Å²) < 4.78 is 6.93. The molecule has 2 unspecified atom stereocenters. The van der Waals surface area contributed by atoms with E-state index in [4.69, 9.17) is 22.1 Å². The van der Waals surface area contributed by atoms with Gasteiger partial charge in [-0.25, -0.2) is 0 Å². The third-order valence-electron chi connectivity index (χ3n) is 2.77.